The molecule has 0 atom stereocenters. The Kier molecular flexibility index (Phi) is 3.69. The molecule has 3 nitrogen and oxygen atoms in total. The third-order valence-electron chi connectivity index (χ3n) is 1.78. The number of aromatic nitrogens is 1. The molecule has 1 aromatic heterocycles. The Hall–Kier alpha value is -1.82. The van der Waals surface area contributed by atoms with Gasteiger partial charge in [-0.05, 0) is 18.6 Å². The Morgan fingerprint density at radius 3 is 3.14 bits per heavy atom. The molecule has 1 aromatic rings. The molecule has 3 heteroatoms. The molecule has 0 saturated carbocycles. The van der Waals surface area contributed by atoms with Crippen molar-refractivity contribution in [1.29, 1.82) is 0 Å². The van der Waals surface area contributed by atoms with Gasteiger partial charge < -0.3 is 5.32 Å². The fourth-order valence-corrected chi connectivity index (χ4v) is 1.06. The van der Waals surface area contributed by atoms with Crippen LogP contribution in [0.1, 0.15) is 22.5 Å². The number of nitrogens with zero attached hydrogens (tertiary/aromatic N) is 1. The Bertz CT molecular complexity index is 366. The molecule has 0 aliphatic carbocycles. The molecule has 1 N–H and O–H groups in total. The van der Waals surface area contributed by atoms with E-state index in [2.05, 4.69) is 16.2 Å². The summed E-state index contributed by atoms with van der Waals surface area (Å²) >= 11 is 0. The molecule has 0 aliphatic heterocycles. The minimum Gasteiger partial charge on any atom is -0.350 e. The van der Waals surface area contributed by atoms with Crippen LogP contribution in [0.25, 0.3) is 0 Å². The van der Waals surface area contributed by atoms with Crippen LogP contribution < -0.4 is 5.32 Å². The van der Waals surface area contributed by atoms with Crippen molar-refractivity contribution in [3.8, 4) is 12.3 Å². The van der Waals surface area contributed by atoms with Crippen molar-refractivity contribution in [2.24, 2.45) is 0 Å². The Morgan fingerprint density at radius 2 is 2.50 bits per heavy atom. The van der Waals surface area contributed by atoms with Gasteiger partial charge in [-0.15, -0.1) is 12.3 Å². The number of carbonyl (C=O) groups is 1. The van der Waals surface area contributed by atoms with Gasteiger partial charge in [0.25, 0.3) is 5.91 Å². The lowest BCUT2D eigenvalue weighted by molar-refractivity contribution is 0.0949. The zero-order chi connectivity index (χ0) is 10.4. The number of nitrogens with one attached hydrogen (secondary N) is 1. The number of amides is 1. The van der Waals surface area contributed by atoms with E-state index in [9.17, 15) is 4.79 Å². The van der Waals surface area contributed by atoms with Crippen molar-refractivity contribution >= 4 is 5.91 Å². The van der Waals surface area contributed by atoms with Crippen molar-refractivity contribution in [1.82, 2.24) is 10.3 Å². The van der Waals surface area contributed by atoms with Crippen LogP contribution in [0.15, 0.2) is 18.3 Å². The van der Waals surface area contributed by atoms with Gasteiger partial charge in [0.15, 0.2) is 0 Å². The van der Waals surface area contributed by atoms with E-state index < -0.39 is 0 Å². The molecular formula is C11H12N2O. The van der Waals surface area contributed by atoms with Crippen molar-refractivity contribution in [3.05, 3.63) is 29.6 Å². The minimum absolute atomic E-state index is 0.168. The molecule has 1 amide bonds. The van der Waals surface area contributed by atoms with Crippen LogP contribution in [0.2, 0.25) is 0 Å². The van der Waals surface area contributed by atoms with E-state index >= 15 is 0 Å². The van der Waals surface area contributed by atoms with Crippen molar-refractivity contribution in [2.75, 3.05) is 6.54 Å². The Balaban J connectivity index is 2.62. The number of hydrogen-bond donors (Lipinski definition) is 1. The number of carbonyl (C=O) groups excluding carboxylic acids is 1. The molecule has 1 rings (SSSR count). The number of pyridine rings is 1. The fraction of sp³-hybridized carbons (Fsp3) is 0.273. The maximum absolute atomic E-state index is 11.5. The Labute approximate surface area is 83.6 Å². The first kappa shape index (κ1) is 10.3. The van der Waals surface area contributed by atoms with E-state index in [1.54, 1.807) is 12.3 Å². The smallest absolute Gasteiger partial charge is 0.270 e. The van der Waals surface area contributed by atoms with E-state index in [-0.39, 0.29) is 5.91 Å². The highest BCUT2D eigenvalue weighted by molar-refractivity contribution is 5.93. The van der Waals surface area contributed by atoms with E-state index in [4.69, 9.17) is 6.42 Å². The average molecular weight is 188 g/mol. The summed E-state index contributed by atoms with van der Waals surface area (Å²) in [6.45, 7) is 2.34. The first-order valence-corrected chi connectivity index (χ1v) is 4.39. The fourth-order valence-electron chi connectivity index (χ4n) is 1.06. The third kappa shape index (κ3) is 2.60. The zero-order valence-corrected chi connectivity index (χ0v) is 8.08. The molecule has 0 radical (unpaired) electrons. The second kappa shape index (κ2) is 5.03. The van der Waals surface area contributed by atoms with Crippen molar-refractivity contribution < 1.29 is 4.79 Å². The lowest BCUT2D eigenvalue weighted by atomic mass is 10.2. The average Bonchev–Trinajstić information content (AvgIpc) is 2.18. The predicted octanol–water partition coefficient (Wildman–Crippen LogP) is 1.14. The SMILES string of the molecule is C#CCCNC(=O)c1ncccc1C. The molecule has 0 aliphatic rings. The monoisotopic (exact) mass is 188 g/mol. The predicted molar refractivity (Wildman–Crippen MR) is 54.8 cm³/mol. The number of hydrogen-bond acceptors (Lipinski definition) is 2. The van der Waals surface area contributed by atoms with Gasteiger partial charge in [-0.1, -0.05) is 6.07 Å². The lowest BCUT2D eigenvalue weighted by Gasteiger charge is -2.04. The number of rotatable bonds is 3. The number of terminal acetylenes is 1. The van der Waals surface area contributed by atoms with Gasteiger partial charge >= 0.3 is 0 Å². The highest BCUT2D eigenvalue weighted by Gasteiger charge is 2.07. The van der Waals surface area contributed by atoms with Gasteiger partial charge in [-0.2, -0.15) is 0 Å². The maximum atomic E-state index is 11.5. The number of aryl methyl sites for hydroxylation is 1. The second-order valence-corrected chi connectivity index (χ2v) is 2.88. The van der Waals surface area contributed by atoms with Crippen LogP contribution in [-0.2, 0) is 0 Å². The van der Waals surface area contributed by atoms with Crippen LogP contribution in [0.5, 0.6) is 0 Å². The third-order valence-corrected chi connectivity index (χ3v) is 1.78. The molecule has 0 fully saturated rings. The van der Waals surface area contributed by atoms with Crippen LogP contribution in [0, 0.1) is 19.3 Å². The summed E-state index contributed by atoms with van der Waals surface area (Å²) < 4.78 is 0. The van der Waals surface area contributed by atoms with Gasteiger partial charge in [-0.25, -0.2) is 0 Å². The summed E-state index contributed by atoms with van der Waals surface area (Å²) in [5, 5.41) is 2.70. The molecule has 0 unspecified atom stereocenters. The molecule has 14 heavy (non-hydrogen) atoms. The maximum Gasteiger partial charge on any atom is 0.270 e. The highest BCUT2D eigenvalue weighted by Crippen LogP contribution is 2.02. The molecule has 72 valence electrons. The van der Waals surface area contributed by atoms with Gasteiger partial charge in [0.2, 0.25) is 0 Å². The Morgan fingerprint density at radius 1 is 1.71 bits per heavy atom. The normalized spacial score (nSPS) is 9.14. The molecule has 0 aromatic carbocycles. The summed E-state index contributed by atoms with van der Waals surface area (Å²) in [6.07, 6.45) is 7.21. The summed E-state index contributed by atoms with van der Waals surface area (Å²) in [6, 6.07) is 3.65. The largest absolute Gasteiger partial charge is 0.350 e. The van der Waals surface area contributed by atoms with Gasteiger partial charge in [0.1, 0.15) is 5.69 Å². The van der Waals surface area contributed by atoms with Crippen LogP contribution in [-0.4, -0.2) is 17.4 Å². The summed E-state index contributed by atoms with van der Waals surface area (Å²) in [7, 11) is 0. The quantitative estimate of drug-likeness (QED) is 0.571. The van der Waals surface area contributed by atoms with Crippen molar-refractivity contribution in [2.45, 2.75) is 13.3 Å². The topological polar surface area (TPSA) is 42.0 Å². The van der Waals surface area contributed by atoms with Gasteiger partial charge in [0, 0.05) is 19.2 Å². The van der Waals surface area contributed by atoms with E-state index in [1.165, 1.54) is 0 Å². The highest BCUT2D eigenvalue weighted by atomic mass is 16.1. The summed E-state index contributed by atoms with van der Waals surface area (Å²) in [5.41, 5.74) is 1.33. The van der Waals surface area contributed by atoms with Crippen LogP contribution in [0.3, 0.4) is 0 Å². The first-order valence-electron chi connectivity index (χ1n) is 4.39. The van der Waals surface area contributed by atoms with E-state index in [0.717, 1.165) is 5.56 Å². The van der Waals surface area contributed by atoms with Crippen molar-refractivity contribution in [3.63, 3.8) is 0 Å². The van der Waals surface area contributed by atoms with E-state index in [0.29, 0.717) is 18.7 Å². The zero-order valence-electron chi connectivity index (χ0n) is 8.08. The van der Waals surface area contributed by atoms with Gasteiger partial charge in [0.05, 0.1) is 0 Å². The second-order valence-electron chi connectivity index (χ2n) is 2.88. The van der Waals surface area contributed by atoms with Crippen LogP contribution >= 0.6 is 0 Å². The standard InChI is InChI=1S/C11H12N2O/c1-3-4-7-13-11(14)10-9(2)6-5-8-12-10/h1,5-6,8H,4,7H2,2H3,(H,13,14). The molecular weight excluding hydrogens is 176 g/mol. The molecule has 0 saturated heterocycles. The molecule has 0 spiro atoms. The van der Waals surface area contributed by atoms with E-state index in [1.807, 2.05) is 13.0 Å². The summed E-state index contributed by atoms with van der Waals surface area (Å²) in [5.74, 6) is 2.29. The summed E-state index contributed by atoms with van der Waals surface area (Å²) in [4.78, 5) is 15.5. The van der Waals surface area contributed by atoms with Crippen LogP contribution in [0.4, 0.5) is 0 Å². The first-order chi connectivity index (χ1) is 6.75. The minimum atomic E-state index is -0.168. The molecule has 0 bridgehead atoms. The lowest BCUT2D eigenvalue weighted by Crippen LogP contribution is -2.25. The molecule has 1 heterocycles. The van der Waals surface area contributed by atoms with Gasteiger partial charge in [-0.3, -0.25) is 9.78 Å².